The number of carbonyl (C=O) groups excluding carboxylic acids is 1. The van der Waals surface area contributed by atoms with Crippen LogP contribution in [-0.2, 0) is 4.79 Å². The van der Waals surface area contributed by atoms with Crippen LogP contribution in [0.3, 0.4) is 0 Å². The molecule has 0 spiro atoms. The number of para-hydroxylation sites is 3. The van der Waals surface area contributed by atoms with Crippen molar-refractivity contribution in [3.8, 4) is 17.2 Å². The van der Waals surface area contributed by atoms with Gasteiger partial charge in [0.15, 0.2) is 28.6 Å². The van der Waals surface area contributed by atoms with Gasteiger partial charge in [-0.15, -0.1) is 10.2 Å². The van der Waals surface area contributed by atoms with E-state index in [-0.39, 0.29) is 5.75 Å². The first-order valence-electron chi connectivity index (χ1n) is 8.02. The first-order valence-corrected chi connectivity index (χ1v) is 9.01. The van der Waals surface area contributed by atoms with Crippen molar-refractivity contribution in [1.82, 2.24) is 14.8 Å². The van der Waals surface area contributed by atoms with E-state index in [4.69, 9.17) is 15.2 Å². The average molecular weight is 368 g/mol. The molecule has 0 fully saturated rings. The highest BCUT2D eigenvalue weighted by molar-refractivity contribution is 7.99. The minimum atomic E-state index is -0.416. The van der Waals surface area contributed by atoms with Crippen LogP contribution >= 0.6 is 11.8 Å². The molecule has 2 heterocycles. The monoisotopic (exact) mass is 368 g/mol. The van der Waals surface area contributed by atoms with Gasteiger partial charge in [0.1, 0.15) is 6.61 Å². The van der Waals surface area contributed by atoms with Crippen LogP contribution in [0.15, 0.2) is 59.8 Å². The Morgan fingerprint density at radius 1 is 1.12 bits per heavy atom. The van der Waals surface area contributed by atoms with Gasteiger partial charge >= 0.3 is 0 Å². The third kappa shape index (κ3) is 3.23. The standard InChI is InChI=1S/C18H16N4O3S/c19-16(23)11-26-18-21-20-17(22(18)12-6-2-1-3-7-12)15-10-24-13-8-4-5-9-14(13)25-15/h1-9,15H,10-11H2,(H2,19,23)/t15-/m0/s1. The van der Waals surface area contributed by atoms with E-state index in [0.29, 0.717) is 29.1 Å². The summed E-state index contributed by atoms with van der Waals surface area (Å²) < 4.78 is 13.7. The third-order valence-corrected chi connectivity index (χ3v) is 4.76. The summed E-state index contributed by atoms with van der Waals surface area (Å²) in [4.78, 5) is 11.2. The summed E-state index contributed by atoms with van der Waals surface area (Å²) in [6.07, 6.45) is -0.416. The van der Waals surface area contributed by atoms with Crippen molar-refractivity contribution < 1.29 is 14.3 Å². The van der Waals surface area contributed by atoms with E-state index < -0.39 is 12.0 Å². The van der Waals surface area contributed by atoms with Crippen molar-refractivity contribution in [3.63, 3.8) is 0 Å². The van der Waals surface area contributed by atoms with Crippen LogP contribution in [-0.4, -0.2) is 33.0 Å². The van der Waals surface area contributed by atoms with Crippen molar-refractivity contribution in [3.05, 3.63) is 60.4 Å². The van der Waals surface area contributed by atoms with Crippen molar-refractivity contribution in [2.75, 3.05) is 12.4 Å². The van der Waals surface area contributed by atoms with E-state index in [2.05, 4.69) is 10.2 Å². The Hall–Kier alpha value is -3.00. The smallest absolute Gasteiger partial charge is 0.227 e. The summed E-state index contributed by atoms with van der Waals surface area (Å²) in [5.74, 6) is 1.69. The quantitative estimate of drug-likeness (QED) is 0.695. The maximum atomic E-state index is 11.2. The van der Waals surface area contributed by atoms with E-state index in [1.807, 2.05) is 59.2 Å². The number of ether oxygens (including phenoxy) is 2. The predicted molar refractivity (Wildman–Crippen MR) is 96.6 cm³/mol. The molecular formula is C18H16N4O3S. The highest BCUT2D eigenvalue weighted by atomic mass is 32.2. The van der Waals surface area contributed by atoms with Gasteiger partial charge in [-0.05, 0) is 24.3 Å². The van der Waals surface area contributed by atoms with Crippen LogP contribution in [0.4, 0.5) is 0 Å². The third-order valence-electron chi connectivity index (χ3n) is 3.81. The molecule has 0 saturated carbocycles. The lowest BCUT2D eigenvalue weighted by molar-refractivity contribution is -0.115. The number of hydrogen-bond acceptors (Lipinski definition) is 6. The number of hydrogen-bond donors (Lipinski definition) is 1. The van der Waals surface area contributed by atoms with E-state index in [9.17, 15) is 4.79 Å². The van der Waals surface area contributed by atoms with Gasteiger partial charge in [-0.3, -0.25) is 9.36 Å². The van der Waals surface area contributed by atoms with Crippen LogP contribution in [0.5, 0.6) is 11.5 Å². The first-order chi connectivity index (χ1) is 12.7. The SMILES string of the molecule is NC(=O)CSc1nnc([C@@H]2COc3ccccc3O2)n1-c1ccccc1. The number of nitrogens with two attached hydrogens (primary N) is 1. The lowest BCUT2D eigenvalue weighted by Gasteiger charge is -2.26. The van der Waals surface area contributed by atoms with Crippen molar-refractivity contribution in [2.45, 2.75) is 11.3 Å². The second-order valence-corrected chi connectivity index (χ2v) is 6.57. The predicted octanol–water partition coefficient (Wildman–Crippen LogP) is 2.36. The van der Waals surface area contributed by atoms with Gasteiger partial charge in [-0.2, -0.15) is 0 Å². The molecule has 1 aromatic heterocycles. The molecule has 26 heavy (non-hydrogen) atoms. The van der Waals surface area contributed by atoms with Crippen LogP contribution in [0.25, 0.3) is 5.69 Å². The number of aromatic nitrogens is 3. The Kier molecular flexibility index (Phi) is 4.49. The minimum Gasteiger partial charge on any atom is -0.485 e. The Bertz CT molecular complexity index is 929. The molecule has 1 amide bonds. The highest BCUT2D eigenvalue weighted by Crippen LogP contribution is 2.36. The molecule has 1 aliphatic rings. The Morgan fingerprint density at radius 3 is 2.62 bits per heavy atom. The highest BCUT2D eigenvalue weighted by Gasteiger charge is 2.29. The first kappa shape index (κ1) is 16.5. The molecule has 0 radical (unpaired) electrons. The molecule has 7 nitrogen and oxygen atoms in total. The summed E-state index contributed by atoms with van der Waals surface area (Å²) in [5.41, 5.74) is 6.15. The largest absolute Gasteiger partial charge is 0.485 e. The molecule has 1 aliphatic heterocycles. The van der Waals surface area contributed by atoms with Gasteiger partial charge in [0, 0.05) is 5.69 Å². The fourth-order valence-corrected chi connectivity index (χ4v) is 3.38. The van der Waals surface area contributed by atoms with Crippen molar-refractivity contribution in [2.24, 2.45) is 5.73 Å². The summed E-state index contributed by atoms with van der Waals surface area (Å²) in [6, 6.07) is 17.2. The van der Waals surface area contributed by atoms with Crippen LogP contribution in [0.1, 0.15) is 11.9 Å². The Morgan fingerprint density at radius 2 is 1.85 bits per heavy atom. The van der Waals surface area contributed by atoms with Crippen LogP contribution in [0, 0.1) is 0 Å². The second kappa shape index (κ2) is 7.09. The van der Waals surface area contributed by atoms with Gasteiger partial charge in [0.25, 0.3) is 0 Å². The number of benzene rings is 2. The molecule has 0 saturated heterocycles. The zero-order valence-corrected chi connectivity index (χ0v) is 14.6. The minimum absolute atomic E-state index is 0.121. The van der Waals surface area contributed by atoms with Crippen LogP contribution in [0.2, 0.25) is 0 Å². The molecule has 4 rings (SSSR count). The van der Waals surface area contributed by atoms with E-state index in [0.717, 1.165) is 5.69 Å². The fourth-order valence-electron chi connectivity index (χ4n) is 2.69. The maximum absolute atomic E-state index is 11.2. The zero-order valence-electron chi connectivity index (χ0n) is 13.7. The van der Waals surface area contributed by atoms with Gasteiger partial charge in [0.2, 0.25) is 5.91 Å². The number of thioether (sulfide) groups is 1. The normalized spacial score (nSPS) is 15.6. The van der Waals surface area contributed by atoms with Gasteiger partial charge in [-0.25, -0.2) is 0 Å². The lowest BCUT2D eigenvalue weighted by atomic mass is 10.2. The van der Waals surface area contributed by atoms with E-state index in [1.165, 1.54) is 11.8 Å². The number of rotatable bonds is 5. The maximum Gasteiger partial charge on any atom is 0.227 e. The zero-order chi connectivity index (χ0) is 17.9. The summed E-state index contributed by atoms with van der Waals surface area (Å²) in [7, 11) is 0. The molecule has 1 atom stereocenters. The second-order valence-electron chi connectivity index (χ2n) is 5.63. The molecule has 0 bridgehead atoms. The Labute approximate surface area is 154 Å². The van der Waals surface area contributed by atoms with Crippen molar-refractivity contribution in [1.29, 1.82) is 0 Å². The molecule has 8 heteroatoms. The van der Waals surface area contributed by atoms with E-state index >= 15 is 0 Å². The number of primary amides is 1. The van der Waals surface area contributed by atoms with E-state index in [1.54, 1.807) is 0 Å². The van der Waals surface area contributed by atoms with Crippen molar-refractivity contribution >= 4 is 17.7 Å². The lowest BCUT2D eigenvalue weighted by Crippen LogP contribution is -2.24. The van der Waals surface area contributed by atoms with Gasteiger partial charge in [-0.1, -0.05) is 42.1 Å². The molecule has 2 N–H and O–H groups in total. The van der Waals surface area contributed by atoms with Gasteiger partial charge < -0.3 is 15.2 Å². The van der Waals surface area contributed by atoms with Crippen LogP contribution < -0.4 is 15.2 Å². The topological polar surface area (TPSA) is 92.3 Å². The number of nitrogens with zero attached hydrogens (tertiary/aromatic N) is 3. The summed E-state index contributed by atoms with van der Waals surface area (Å²) >= 11 is 1.24. The molecule has 3 aromatic rings. The molecular weight excluding hydrogens is 352 g/mol. The molecule has 2 aromatic carbocycles. The molecule has 132 valence electrons. The molecule has 0 unspecified atom stereocenters. The van der Waals surface area contributed by atoms with Gasteiger partial charge in [0.05, 0.1) is 5.75 Å². The molecule has 0 aliphatic carbocycles. The fraction of sp³-hybridized carbons (Fsp3) is 0.167. The Balaban J connectivity index is 1.71. The average Bonchev–Trinajstić information content (AvgIpc) is 3.10. The number of fused-ring (bicyclic) bond motifs is 1. The summed E-state index contributed by atoms with van der Waals surface area (Å²) in [5, 5.41) is 9.11. The number of amides is 1. The summed E-state index contributed by atoms with van der Waals surface area (Å²) in [6.45, 7) is 0.322. The number of carbonyl (C=O) groups is 1.